The predicted molar refractivity (Wildman–Crippen MR) is 338 cm³/mol. The molecule has 5 heterocycles. The third-order valence-corrected chi connectivity index (χ3v) is 16.1. The van der Waals surface area contributed by atoms with Crippen LogP contribution in [0, 0.1) is 13.8 Å². The lowest BCUT2D eigenvalue weighted by atomic mass is 9.92. The maximum absolute atomic E-state index is 5.41. The fourth-order valence-electron chi connectivity index (χ4n) is 12.5. The molecule has 0 atom stereocenters. The van der Waals surface area contributed by atoms with Gasteiger partial charge in [0.05, 0.1) is 38.8 Å². The highest BCUT2D eigenvalue weighted by Gasteiger charge is 2.25. The van der Waals surface area contributed by atoms with E-state index in [1.165, 1.54) is 21.5 Å². The van der Waals surface area contributed by atoms with Gasteiger partial charge in [-0.25, -0.2) is 29.9 Å². The van der Waals surface area contributed by atoms with Gasteiger partial charge in [0.15, 0.2) is 23.3 Å². The predicted octanol–water partition coefficient (Wildman–Crippen LogP) is 18.0. The average Bonchev–Trinajstić information content (AvgIpc) is 3.95. The molecule has 0 radical (unpaired) electrons. The molecule has 0 saturated heterocycles. The van der Waals surface area contributed by atoms with Gasteiger partial charge in [-0.05, 0) is 110 Å². The standard InChI is InChI=1S/C74H49N9/c1-46-75-47(2)77-73(76-46)52-39-40-69-63(43-52)60-33-13-18-38-68(60)83(69)70-61(50-25-19-27-54(41-50)81-64-34-14-9-29-56(64)57-30-10-15-35-65(57)81)44-53(74-79-71(48-21-5-3-6-22-48)78-72(80-74)49-23-7-4-8-24-49)45-62(70)51-26-20-28-55(42-51)82-66-36-16-11-31-58(66)59-32-12-17-37-67(59)82/h3-45H,1-2H3. The van der Waals surface area contributed by atoms with Crippen molar-refractivity contribution in [3.05, 3.63) is 273 Å². The molecule has 9 heteroatoms. The first-order valence-corrected chi connectivity index (χ1v) is 27.9. The molecule has 9 nitrogen and oxygen atoms in total. The number of aryl methyl sites for hydroxylation is 2. The summed E-state index contributed by atoms with van der Waals surface area (Å²) in [6.07, 6.45) is 0. The fraction of sp³-hybridized carbons (Fsp3) is 0.0270. The number of para-hydroxylation sites is 5. The lowest BCUT2D eigenvalue weighted by molar-refractivity contribution is 0.929. The molecule has 0 spiro atoms. The fourth-order valence-corrected chi connectivity index (χ4v) is 12.5. The van der Waals surface area contributed by atoms with Gasteiger partial charge in [0.25, 0.3) is 0 Å². The maximum Gasteiger partial charge on any atom is 0.164 e. The lowest BCUT2D eigenvalue weighted by Gasteiger charge is -2.22. The van der Waals surface area contributed by atoms with Crippen LogP contribution >= 0.6 is 0 Å². The van der Waals surface area contributed by atoms with E-state index in [0.29, 0.717) is 34.9 Å². The van der Waals surface area contributed by atoms with Crippen molar-refractivity contribution in [3.63, 3.8) is 0 Å². The van der Waals surface area contributed by atoms with Crippen LogP contribution in [0.1, 0.15) is 11.6 Å². The van der Waals surface area contributed by atoms with Crippen LogP contribution in [0.2, 0.25) is 0 Å². The Balaban J connectivity index is 1.04. The molecular formula is C74H49N9. The van der Waals surface area contributed by atoms with E-state index in [9.17, 15) is 0 Å². The van der Waals surface area contributed by atoms with Crippen molar-refractivity contribution in [1.82, 2.24) is 43.6 Å². The van der Waals surface area contributed by atoms with Crippen LogP contribution in [0.25, 0.3) is 150 Å². The molecule has 16 aromatic rings. The van der Waals surface area contributed by atoms with E-state index in [1.807, 2.05) is 50.2 Å². The zero-order valence-corrected chi connectivity index (χ0v) is 45.4. The molecule has 0 saturated carbocycles. The first kappa shape index (κ1) is 47.8. The van der Waals surface area contributed by atoms with Crippen molar-refractivity contribution < 1.29 is 0 Å². The van der Waals surface area contributed by atoms with Gasteiger partial charge in [0.1, 0.15) is 11.6 Å². The summed E-state index contributed by atoms with van der Waals surface area (Å²) < 4.78 is 7.25. The maximum atomic E-state index is 5.41. The number of nitrogens with zero attached hydrogens (tertiary/aromatic N) is 9. The summed E-state index contributed by atoms with van der Waals surface area (Å²) in [6, 6.07) is 93.1. The van der Waals surface area contributed by atoms with E-state index < -0.39 is 0 Å². The van der Waals surface area contributed by atoms with E-state index in [1.54, 1.807) is 0 Å². The van der Waals surface area contributed by atoms with Crippen molar-refractivity contribution >= 4 is 65.4 Å². The van der Waals surface area contributed by atoms with Gasteiger partial charge in [-0.3, -0.25) is 0 Å². The first-order valence-electron chi connectivity index (χ1n) is 27.9. The lowest BCUT2D eigenvalue weighted by Crippen LogP contribution is -2.05. The van der Waals surface area contributed by atoms with E-state index in [4.69, 9.17) is 24.9 Å². The highest BCUT2D eigenvalue weighted by Crippen LogP contribution is 2.46. The molecule has 0 amide bonds. The zero-order valence-electron chi connectivity index (χ0n) is 45.4. The Kier molecular flexibility index (Phi) is 11.1. The molecule has 0 bridgehead atoms. The van der Waals surface area contributed by atoms with E-state index >= 15 is 0 Å². The summed E-state index contributed by atoms with van der Waals surface area (Å²) >= 11 is 0. The largest absolute Gasteiger partial charge is 0.309 e. The van der Waals surface area contributed by atoms with Crippen molar-refractivity contribution in [1.29, 1.82) is 0 Å². The smallest absolute Gasteiger partial charge is 0.164 e. The SMILES string of the molecule is Cc1nc(C)nc(-c2ccc3c(c2)c2ccccc2n3-c2c(-c3cccc(-n4c5ccccc5c5ccccc54)c3)cc(-c3nc(-c4ccccc4)nc(-c4ccccc4)n3)cc2-c2cccc(-n3c4ccccc4c4ccccc43)c2)n1. The molecule has 5 aromatic heterocycles. The first-order chi connectivity index (χ1) is 41.0. The minimum absolute atomic E-state index is 0.554. The molecule has 0 fully saturated rings. The molecule has 0 N–H and O–H groups in total. The van der Waals surface area contributed by atoms with Crippen molar-refractivity contribution in [2.24, 2.45) is 0 Å². The van der Waals surface area contributed by atoms with E-state index in [0.717, 1.165) is 105 Å². The Hall–Kier alpha value is -11.2. The molecule has 0 aliphatic heterocycles. The Bertz CT molecular complexity index is 4880. The Morgan fingerprint density at radius 3 is 1.02 bits per heavy atom. The number of fused-ring (bicyclic) bond motifs is 9. The van der Waals surface area contributed by atoms with Crippen LogP contribution < -0.4 is 0 Å². The van der Waals surface area contributed by atoms with Gasteiger partial charge in [0.2, 0.25) is 0 Å². The quantitative estimate of drug-likeness (QED) is 0.143. The number of benzene rings is 11. The van der Waals surface area contributed by atoms with Gasteiger partial charge in [0, 0.05) is 77.1 Å². The second-order valence-electron chi connectivity index (χ2n) is 21.1. The molecule has 0 aliphatic carbocycles. The van der Waals surface area contributed by atoms with Gasteiger partial charge >= 0.3 is 0 Å². The van der Waals surface area contributed by atoms with Gasteiger partial charge < -0.3 is 13.7 Å². The summed E-state index contributed by atoms with van der Waals surface area (Å²) in [6.45, 7) is 3.84. The summed E-state index contributed by atoms with van der Waals surface area (Å²) in [7, 11) is 0. The van der Waals surface area contributed by atoms with Crippen molar-refractivity contribution in [3.8, 4) is 84.9 Å². The van der Waals surface area contributed by atoms with Crippen LogP contribution in [0.3, 0.4) is 0 Å². The van der Waals surface area contributed by atoms with Crippen LogP contribution in [0.5, 0.6) is 0 Å². The summed E-state index contributed by atoms with van der Waals surface area (Å²) in [5.41, 5.74) is 17.3. The molecule has 16 rings (SSSR count). The monoisotopic (exact) mass is 1060 g/mol. The third-order valence-electron chi connectivity index (χ3n) is 16.1. The van der Waals surface area contributed by atoms with E-state index in [2.05, 4.69) is 243 Å². The summed E-state index contributed by atoms with van der Waals surface area (Å²) in [5, 5.41) is 6.98. The van der Waals surface area contributed by atoms with Crippen molar-refractivity contribution in [2.45, 2.75) is 13.8 Å². The topological polar surface area (TPSA) is 92.1 Å². The summed E-state index contributed by atoms with van der Waals surface area (Å²) in [5.74, 6) is 3.74. The summed E-state index contributed by atoms with van der Waals surface area (Å²) in [4.78, 5) is 30.2. The van der Waals surface area contributed by atoms with Gasteiger partial charge in [-0.1, -0.05) is 176 Å². The van der Waals surface area contributed by atoms with Gasteiger partial charge in [-0.2, -0.15) is 0 Å². The molecule has 0 unspecified atom stereocenters. The van der Waals surface area contributed by atoms with E-state index in [-0.39, 0.29) is 0 Å². The average molecular weight is 1060 g/mol. The van der Waals surface area contributed by atoms with Crippen LogP contribution in [-0.2, 0) is 0 Å². The molecule has 0 aliphatic rings. The second kappa shape index (κ2) is 19.3. The molecule has 390 valence electrons. The molecule has 83 heavy (non-hydrogen) atoms. The highest BCUT2D eigenvalue weighted by atomic mass is 15.0. The Morgan fingerprint density at radius 1 is 0.229 bits per heavy atom. The number of rotatable bonds is 9. The van der Waals surface area contributed by atoms with Crippen LogP contribution in [-0.4, -0.2) is 43.6 Å². The highest BCUT2D eigenvalue weighted by molar-refractivity contribution is 6.13. The molecule has 11 aromatic carbocycles. The van der Waals surface area contributed by atoms with Crippen LogP contribution in [0.4, 0.5) is 0 Å². The minimum atomic E-state index is 0.554. The number of aromatic nitrogens is 9. The third kappa shape index (κ3) is 8.00. The number of hydrogen-bond acceptors (Lipinski definition) is 6. The normalized spacial score (nSPS) is 11.7. The van der Waals surface area contributed by atoms with Gasteiger partial charge in [-0.15, -0.1) is 0 Å². The molecular weight excluding hydrogens is 1010 g/mol. The zero-order chi connectivity index (χ0) is 55.1. The van der Waals surface area contributed by atoms with Crippen LogP contribution in [0.15, 0.2) is 261 Å². The van der Waals surface area contributed by atoms with Crippen molar-refractivity contribution in [2.75, 3.05) is 0 Å². The number of hydrogen-bond donors (Lipinski definition) is 0. The second-order valence-corrected chi connectivity index (χ2v) is 21.1. The minimum Gasteiger partial charge on any atom is -0.309 e. The Labute approximate surface area is 477 Å². The Morgan fingerprint density at radius 2 is 0.578 bits per heavy atom.